The van der Waals surface area contributed by atoms with Crippen molar-refractivity contribution in [3.05, 3.63) is 30.0 Å². The summed E-state index contributed by atoms with van der Waals surface area (Å²) >= 11 is 1.34. The van der Waals surface area contributed by atoms with Crippen LogP contribution in [0.4, 0.5) is 0 Å². The number of benzene rings is 1. The first-order valence-electron chi connectivity index (χ1n) is 5.90. The molecule has 1 aromatic heterocycles. The highest BCUT2D eigenvalue weighted by Crippen LogP contribution is 2.30. The van der Waals surface area contributed by atoms with Crippen molar-refractivity contribution in [1.29, 1.82) is 0 Å². The number of thioether (sulfide) groups is 1. The van der Waals surface area contributed by atoms with Gasteiger partial charge in [-0.1, -0.05) is 6.07 Å². The smallest absolute Gasteiger partial charge is 0.356 e. The average Bonchev–Trinajstić information content (AvgIpc) is 2.79. The normalized spacial score (nSPS) is 11.6. The number of carboxylic acids is 1. The lowest BCUT2D eigenvalue weighted by Crippen LogP contribution is -2.01. The van der Waals surface area contributed by atoms with Crippen LogP contribution in [0, 0.1) is 0 Å². The van der Waals surface area contributed by atoms with Crippen LogP contribution in [0.3, 0.4) is 0 Å². The fraction of sp³-hybridized carbons (Fsp3) is 0.231. The molecule has 2 rings (SSSR count). The van der Waals surface area contributed by atoms with Crippen LogP contribution in [0.25, 0.3) is 11.3 Å². The lowest BCUT2D eigenvalue weighted by Gasteiger charge is -2.08. The molecule has 1 aromatic carbocycles. The largest absolute Gasteiger partial charge is 0.476 e. The Kier molecular flexibility index (Phi) is 4.11. The van der Waals surface area contributed by atoms with E-state index in [1.54, 1.807) is 31.5 Å². The number of aryl methyl sites for hydroxylation is 1. The summed E-state index contributed by atoms with van der Waals surface area (Å²) < 4.78 is 25.1. The van der Waals surface area contributed by atoms with Crippen LogP contribution < -0.4 is 0 Å². The van der Waals surface area contributed by atoms with Gasteiger partial charge >= 0.3 is 5.97 Å². The predicted molar refractivity (Wildman–Crippen MR) is 80.5 cm³/mol. The van der Waals surface area contributed by atoms with Crippen LogP contribution in [0.15, 0.2) is 34.1 Å². The number of carbonyl (C=O) groups is 1. The maximum absolute atomic E-state index is 11.9. The lowest BCUT2D eigenvalue weighted by molar-refractivity contribution is 0.0689. The zero-order chi connectivity index (χ0) is 15.8. The van der Waals surface area contributed by atoms with Crippen LogP contribution in [0.1, 0.15) is 10.5 Å². The number of rotatable bonds is 4. The summed E-state index contributed by atoms with van der Waals surface area (Å²) in [6.07, 6.45) is 2.95. The molecule has 0 amide bonds. The van der Waals surface area contributed by atoms with Crippen LogP contribution in [-0.4, -0.2) is 41.8 Å². The Bertz CT molecular complexity index is 810. The zero-order valence-electron chi connectivity index (χ0n) is 11.7. The fourth-order valence-corrected chi connectivity index (χ4v) is 3.91. The second-order valence-electron chi connectivity index (χ2n) is 4.48. The molecule has 112 valence electrons. The maximum Gasteiger partial charge on any atom is 0.356 e. The quantitative estimate of drug-likeness (QED) is 0.863. The van der Waals surface area contributed by atoms with E-state index in [4.69, 9.17) is 5.11 Å². The van der Waals surface area contributed by atoms with Gasteiger partial charge in [0.05, 0.1) is 10.6 Å². The number of aromatic carboxylic acids is 1. The number of sulfone groups is 1. The first-order valence-corrected chi connectivity index (χ1v) is 9.01. The molecule has 6 nitrogen and oxygen atoms in total. The van der Waals surface area contributed by atoms with Gasteiger partial charge in [-0.3, -0.25) is 4.68 Å². The molecule has 0 saturated carbocycles. The molecule has 1 heterocycles. The zero-order valence-corrected chi connectivity index (χ0v) is 13.3. The second-order valence-corrected chi connectivity index (χ2v) is 7.31. The molecular weight excluding hydrogens is 312 g/mol. The Morgan fingerprint density at radius 1 is 1.33 bits per heavy atom. The maximum atomic E-state index is 11.9. The second kappa shape index (κ2) is 5.53. The molecule has 8 heteroatoms. The third kappa shape index (κ3) is 3.11. The summed E-state index contributed by atoms with van der Waals surface area (Å²) in [6.45, 7) is 0. The Morgan fingerprint density at radius 3 is 2.48 bits per heavy atom. The van der Waals surface area contributed by atoms with Crippen molar-refractivity contribution in [2.75, 3.05) is 12.5 Å². The highest BCUT2D eigenvalue weighted by Gasteiger charge is 2.17. The van der Waals surface area contributed by atoms with E-state index >= 15 is 0 Å². The van der Waals surface area contributed by atoms with Gasteiger partial charge in [0.2, 0.25) is 0 Å². The minimum atomic E-state index is -3.37. The van der Waals surface area contributed by atoms with E-state index in [0.717, 1.165) is 6.26 Å². The Morgan fingerprint density at radius 2 is 2.00 bits per heavy atom. The van der Waals surface area contributed by atoms with Crippen molar-refractivity contribution in [2.24, 2.45) is 7.05 Å². The highest BCUT2D eigenvalue weighted by atomic mass is 32.2. The molecule has 0 spiro atoms. The SMILES string of the molecule is CSc1ccc(-c2cc(C(=O)O)nn2C)cc1S(C)(=O)=O. The van der Waals surface area contributed by atoms with Gasteiger partial charge in [0, 0.05) is 23.8 Å². The molecule has 0 fully saturated rings. The third-order valence-electron chi connectivity index (χ3n) is 2.96. The summed E-state index contributed by atoms with van der Waals surface area (Å²) in [5, 5.41) is 12.8. The topological polar surface area (TPSA) is 89.3 Å². The summed E-state index contributed by atoms with van der Waals surface area (Å²) in [5.41, 5.74) is 1.07. The standard InChI is InChI=1S/C13H14N2O4S2/c1-15-10(7-9(14-15)13(16)17)8-4-5-11(20-2)12(6-8)21(3,18)19/h4-7H,1-3H3,(H,16,17). The van der Waals surface area contributed by atoms with Gasteiger partial charge in [-0.15, -0.1) is 11.8 Å². The molecular formula is C13H14N2O4S2. The van der Waals surface area contributed by atoms with Gasteiger partial charge < -0.3 is 5.11 Å². The molecule has 1 N–H and O–H groups in total. The first kappa shape index (κ1) is 15.6. The number of aromatic nitrogens is 2. The minimum Gasteiger partial charge on any atom is -0.476 e. The molecule has 0 bridgehead atoms. The van der Waals surface area contributed by atoms with Crippen molar-refractivity contribution in [3.63, 3.8) is 0 Å². The molecule has 0 aliphatic heterocycles. The van der Waals surface area contributed by atoms with Crippen LogP contribution >= 0.6 is 11.8 Å². The molecule has 21 heavy (non-hydrogen) atoms. The van der Waals surface area contributed by atoms with E-state index in [0.29, 0.717) is 16.2 Å². The van der Waals surface area contributed by atoms with Crippen molar-refractivity contribution >= 4 is 27.6 Å². The number of carboxylic acid groups (broad SMARTS) is 1. The van der Waals surface area contributed by atoms with Gasteiger partial charge in [-0.05, 0) is 24.5 Å². The molecule has 2 aromatic rings. The van der Waals surface area contributed by atoms with Gasteiger partial charge in [0.1, 0.15) is 0 Å². The summed E-state index contributed by atoms with van der Waals surface area (Å²) in [5.74, 6) is -1.12. The fourth-order valence-electron chi connectivity index (χ4n) is 1.97. The highest BCUT2D eigenvalue weighted by molar-refractivity contribution is 7.99. The van der Waals surface area contributed by atoms with Gasteiger partial charge in [0.25, 0.3) is 0 Å². The van der Waals surface area contributed by atoms with Crippen molar-refractivity contribution < 1.29 is 18.3 Å². The third-order valence-corrected chi connectivity index (χ3v) is 5.02. The van der Waals surface area contributed by atoms with Crippen molar-refractivity contribution in [3.8, 4) is 11.3 Å². The molecule has 0 radical (unpaired) electrons. The van der Waals surface area contributed by atoms with Gasteiger partial charge in [0.15, 0.2) is 15.5 Å². The monoisotopic (exact) mass is 326 g/mol. The van der Waals surface area contributed by atoms with E-state index in [1.165, 1.54) is 22.5 Å². The number of hydrogen-bond donors (Lipinski definition) is 1. The van der Waals surface area contributed by atoms with Crippen LogP contribution in [0.2, 0.25) is 0 Å². The molecule has 0 saturated heterocycles. The average molecular weight is 326 g/mol. The summed E-state index contributed by atoms with van der Waals surface area (Å²) in [6, 6.07) is 6.43. The molecule has 0 aliphatic rings. The van der Waals surface area contributed by atoms with E-state index in [9.17, 15) is 13.2 Å². The lowest BCUT2D eigenvalue weighted by atomic mass is 10.1. The number of hydrogen-bond acceptors (Lipinski definition) is 5. The van der Waals surface area contributed by atoms with E-state index in [-0.39, 0.29) is 10.6 Å². The van der Waals surface area contributed by atoms with Crippen LogP contribution in [-0.2, 0) is 16.9 Å². The molecule has 0 unspecified atom stereocenters. The molecule has 0 aliphatic carbocycles. The minimum absolute atomic E-state index is 0.0812. The van der Waals surface area contributed by atoms with Crippen LogP contribution in [0.5, 0.6) is 0 Å². The van der Waals surface area contributed by atoms with E-state index < -0.39 is 15.8 Å². The van der Waals surface area contributed by atoms with Crippen molar-refractivity contribution in [2.45, 2.75) is 9.79 Å². The van der Waals surface area contributed by atoms with E-state index in [2.05, 4.69) is 5.10 Å². The Labute approximate surface area is 126 Å². The predicted octanol–water partition coefficient (Wildman–Crippen LogP) is 1.91. The Balaban J connectivity index is 2.63. The van der Waals surface area contributed by atoms with Gasteiger partial charge in [-0.25, -0.2) is 13.2 Å². The summed E-state index contributed by atoms with van der Waals surface area (Å²) in [4.78, 5) is 11.8. The van der Waals surface area contributed by atoms with Crippen molar-refractivity contribution in [1.82, 2.24) is 9.78 Å². The summed E-state index contributed by atoms with van der Waals surface area (Å²) in [7, 11) is -1.75. The molecule has 0 atom stereocenters. The Hall–Kier alpha value is -1.80. The first-order chi connectivity index (χ1) is 9.74. The van der Waals surface area contributed by atoms with Gasteiger partial charge in [-0.2, -0.15) is 5.10 Å². The van der Waals surface area contributed by atoms with E-state index in [1.807, 2.05) is 0 Å². The number of nitrogens with zero attached hydrogens (tertiary/aromatic N) is 2.